The topological polar surface area (TPSA) is 3.24 Å². The molecule has 0 aromatic heterocycles. The summed E-state index contributed by atoms with van der Waals surface area (Å²) in [4.78, 5) is 2.38. The van der Waals surface area contributed by atoms with Crippen LogP contribution in [0.2, 0.25) is 0 Å². The van der Waals surface area contributed by atoms with Gasteiger partial charge in [-0.25, -0.2) is 0 Å². The Morgan fingerprint density at radius 1 is 1.31 bits per heavy atom. The van der Waals surface area contributed by atoms with E-state index in [2.05, 4.69) is 30.1 Å². The van der Waals surface area contributed by atoms with Crippen molar-refractivity contribution in [1.29, 1.82) is 0 Å². The Kier molecular flexibility index (Phi) is 9.49. The van der Waals surface area contributed by atoms with Crippen LogP contribution in [-0.4, -0.2) is 18.5 Å². The Morgan fingerprint density at radius 2 is 2.00 bits per heavy atom. The molecule has 0 atom stereocenters. The van der Waals surface area contributed by atoms with Gasteiger partial charge >= 0.3 is 0 Å². The van der Waals surface area contributed by atoms with Crippen molar-refractivity contribution >= 4 is 0 Å². The maximum Gasteiger partial charge on any atom is 0.00108 e. The molecule has 0 amide bonds. The second kappa shape index (κ2) is 9.33. The van der Waals surface area contributed by atoms with Crippen molar-refractivity contribution in [2.45, 2.75) is 33.2 Å². The minimum absolute atomic E-state index is 0. The Bertz CT molecular complexity index is 286. The maximum absolute atomic E-state index is 3.14. The van der Waals surface area contributed by atoms with Crippen LogP contribution in [0.25, 0.3) is 0 Å². The van der Waals surface area contributed by atoms with E-state index in [-0.39, 0.29) is 32.7 Å². The summed E-state index contributed by atoms with van der Waals surface area (Å²) >= 11 is 0. The minimum Gasteiger partial charge on any atom is -0.335 e. The largest absolute Gasteiger partial charge is 0.335 e. The molecule has 0 aliphatic carbocycles. The number of nitrogens with zero attached hydrogens (tertiary/aromatic N) is 1. The van der Waals surface area contributed by atoms with E-state index in [9.17, 15) is 0 Å². The minimum atomic E-state index is 0. The van der Waals surface area contributed by atoms with Crippen LogP contribution in [0, 0.1) is 12.5 Å². The van der Waals surface area contributed by atoms with E-state index in [4.69, 9.17) is 0 Å². The normalized spacial score (nSPS) is 14.9. The van der Waals surface area contributed by atoms with Crippen molar-refractivity contribution in [3.05, 3.63) is 41.8 Å². The third-order valence-electron chi connectivity index (χ3n) is 2.48. The molecule has 0 spiro atoms. The molecular weight excluding hydrogens is 271 g/mol. The van der Waals surface area contributed by atoms with Gasteiger partial charge < -0.3 is 11.3 Å². The van der Waals surface area contributed by atoms with Gasteiger partial charge in [0.25, 0.3) is 0 Å². The Morgan fingerprint density at radius 3 is 2.69 bits per heavy atom. The first-order valence-electron chi connectivity index (χ1n) is 5.68. The van der Waals surface area contributed by atoms with E-state index >= 15 is 0 Å². The molecule has 1 aliphatic rings. The van der Waals surface area contributed by atoms with Crippen LogP contribution in [0.1, 0.15) is 31.4 Å². The first-order chi connectivity index (χ1) is 7.27. The second-order valence-corrected chi connectivity index (χ2v) is 4.11. The van der Waals surface area contributed by atoms with Crippen LogP contribution in [0.5, 0.6) is 0 Å². The molecule has 0 unspecified atom stereocenters. The van der Waals surface area contributed by atoms with Gasteiger partial charge in [0.15, 0.2) is 0 Å². The standard InChI is InChI=1S/C11H14N.C3H7.Y/c1-12-8-4-7-10-5-2-3-6-11(10)9-12;1-3-2;/h3,5-6H,4,7-9H2,1H3;3H,1-2H3;/q2*-1;. The van der Waals surface area contributed by atoms with Crippen molar-refractivity contribution in [3.63, 3.8) is 0 Å². The van der Waals surface area contributed by atoms with Gasteiger partial charge in [-0.2, -0.15) is 43.7 Å². The fourth-order valence-corrected chi connectivity index (χ4v) is 1.79. The van der Waals surface area contributed by atoms with Crippen molar-refractivity contribution in [2.75, 3.05) is 13.6 Å². The van der Waals surface area contributed by atoms with Crippen LogP contribution in [-0.2, 0) is 45.7 Å². The van der Waals surface area contributed by atoms with Crippen LogP contribution < -0.4 is 0 Å². The Labute approximate surface area is 125 Å². The van der Waals surface area contributed by atoms with Gasteiger partial charge in [-0.3, -0.25) is 0 Å². The summed E-state index contributed by atoms with van der Waals surface area (Å²) in [5, 5.41) is 0. The molecule has 1 nitrogen and oxygen atoms in total. The molecule has 0 saturated carbocycles. The first-order valence-corrected chi connectivity index (χ1v) is 5.68. The quantitative estimate of drug-likeness (QED) is 0.664. The zero-order valence-corrected chi connectivity index (χ0v) is 13.5. The molecule has 2 rings (SSSR count). The molecule has 0 fully saturated rings. The van der Waals surface area contributed by atoms with Crippen LogP contribution in [0.4, 0.5) is 0 Å². The molecule has 0 saturated heterocycles. The molecule has 1 aromatic carbocycles. The zero-order chi connectivity index (χ0) is 11.1. The SMILES string of the molecule is CN1CCCc2c[c-]ccc2C1.C[CH-]C.[Y]. The smallest absolute Gasteiger partial charge is 0.00108 e. The third-order valence-corrected chi connectivity index (χ3v) is 2.48. The number of benzene rings is 1. The summed E-state index contributed by atoms with van der Waals surface area (Å²) < 4.78 is 0. The van der Waals surface area contributed by atoms with E-state index in [0.717, 1.165) is 6.54 Å². The van der Waals surface area contributed by atoms with Gasteiger partial charge in [0.2, 0.25) is 0 Å². The molecule has 87 valence electrons. The third kappa shape index (κ3) is 5.56. The maximum atomic E-state index is 3.14. The molecule has 1 aliphatic heterocycles. The Hall–Kier alpha value is 0.284. The van der Waals surface area contributed by atoms with Crippen LogP contribution in [0.15, 0.2) is 18.2 Å². The van der Waals surface area contributed by atoms with Gasteiger partial charge in [-0.05, 0) is 20.0 Å². The molecule has 1 radical (unpaired) electrons. The molecule has 16 heavy (non-hydrogen) atoms. The number of fused-ring (bicyclic) bond motifs is 1. The first kappa shape index (κ1) is 16.3. The van der Waals surface area contributed by atoms with E-state index < -0.39 is 0 Å². The van der Waals surface area contributed by atoms with Gasteiger partial charge in [-0.15, -0.1) is 5.56 Å². The van der Waals surface area contributed by atoms with Crippen molar-refractivity contribution in [3.8, 4) is 0 Å². The van der Waals surface area contributed by atoms with Gasteiger partial charge in [0.05, 0.1) is 0 Å². The number of aryl methyl sites for hydroxylation is 1. The van der Waals surface area contributed by atoms with E-state index in [0.29, 0.717) is 0 Å². The van der Waals surface area contributed by atoms with Crippen molar-refractivity contribution in [2.24, 2.45) is 0 Å². The van der Waals surface area contributed by atoms with Crippen LogP contribution >= 0.6 is 0 Å². The van der Waals surface area contributed by atoms with E-state index in [1.807, 2.05) is 26.3 Å². The Balaban J connectivity index is 0.000000511. The summed E-state index contributed by atoms with van der Waals surface area (Å²) in [5.41, 5.74) is 2.97. The number of rotatable bonds is 0. The molecule has 1 aromatic rings. The van der Waals surface area contributed by atoms with Gasteiger partial charge in [0, 0.05) is 39.3 Å². The second-order valence-electron chi connectivity index (χ2n) is 4.11. The predicted octanol–water partition coefficient (Wildman–Crippen LogP) is 3.09. The summed E-state index contributed by atoms with van der Waals surface area (Å²) in [6.07, 6.45) is 4.50. The molecular formula is C14H21NY-2. The zero-order valence-electron chi connectivity index (χ0n) is 10.7. The monoisotopic (exact) mass is 292 g/mol. The molecule has 0 bridgehead atoms. The molecule has 0 N–H and O–H groups in total. The average molecular weight is 292 g/mol. The predicted molar refractivity (Wildman–Crippen MR) is 65.6 cm³/mol. The fourth-order valence-electron chi connectivity index (χ4n) is 1.79. The van der Waals surface area contributed by atoms with E-state index in [1.54, 1.807) is 0 Å². The summed E-state index contributed by atoms with van der Waals surface area (Å²) in [6.45, 7) is 6.32. The average Bonchev–Trinajstić information content (AvgIpc) is 2.39. The van der Waals surface area contributed by atoms with Crippen molar-refractivity contribution < 1.29 is 32.7 Å². The van der Waals surface area contributed by atoms with Crippen LogP contribution in [0.3, 0.4) is 0 Å². The summed E-state index contributed by atoms with van der Waals surface area (Å²) in [5.74, 6) is 0. The number of hydrogen-bond acceptors (Lipinski definition) is 1. The van der Waals surface area contributed by atoms with Gasteiger partial charge in [0.1, 0.15) is 0 Å². The van der Waals surface area contributed by atoms with Crippen molar-refractivity contribution in [1.82, 2.24) is 4.90 Å². The fraction of sp³-hybridized carbons (Fsp3) is 0.500. The molecule has 1 heterocycles. The number of hydrogen-bond donors (Lipinski definition) is 0. The van der Waals surface area contributed by atoms with Gasteiger partial charge in [-0.1, -0.05) is 6.42 Å². The summed E-state index contributed by atoms with van der Waals surface area (Å²) in [7, 11) is 2.19. The summed E-state index contributed by atoms with van der Waals surface area (Å²) in [6, 6.07) is 9.48. The van der Waals surface area contributed by atoms with E-state index in [1.165, 1.54) is 30.5 Å². The molecule has 2 heteroatoms.